The number of aryl methyl sites for hydroxylation is 1. The van der Waals surface area contributed by atoms with Gasteiger partial charge in [-0.3, -0.25) is 4.79 Å². The van der Waals surface area contributed by atoms with Gasteiger partial charge < -0.3 is 24.4 Å². The van der Waals surface area contributed by atoms with Gasteiger partial charge in [0.2, 0.25) is 6.41 Å². The molecular formula is C44H73N5O2S. The van der Waals surface area contributed by atoms with Crippen LogP contribution < -0.4 is 9.80 Å². The number of nitrogens with one attached hydrogen (secondary N) is 1. The highest BCUT2D eigenvalue weighted by atomic mass is 32.1. The third-order valence-corrected chi connectivity index (χ3v) is 10.0. The minimum absolute atomic E-state index is 0. The average molecular weight is 736 g/mol. The van der Waals surface area contributed by atoms with E-state index in [1.807, 2.05) is 23.2 Å². The van der Waals surface area contributed by atoms with E-state index in [-0.39, 0.29) is 22.3 Å². The number of aromatic amines is 1. The normalized spacial score (nSPS) is 13.8. The first-order valence-corrected chi connectivity index (χ1v) is 18.9. The second kappa shape index (κ2) is 25.4. The van der Waals surface area contributed by atoms with Crippen molar-refractivity contribution < 1.29 is 9.53 Å². The van der Waals surface area contributed by atoms with E-state index >= 15 is 0 Å². The molecule has 52 heavy (non-hydrogen) atoms. The second-order valence-electron chi connectivity index (χ2n) is 14.0. The van der Waals surface area contributed by atoms with Gasteiger partial charge in [0, 0.05) is 61.2 Å². The van der Waals surface area contributed by atoms with Crippen molar-refractivity contribution in [1.82, 2.24) is 14.9 Å². The highest BCUT2D eigenvalue weighted by Crippen LogP contribution is 2.22. The van der Waals surface area contributed by atoms with Crippen LogP contribution in [0.2, 0.25) is 0 Å². The van der Waals surface area contributed by atoms with Gasteiger partial charge in [-0.15, -0.1) is 11.3 Å². The number of carbonyl (C=O) groups is 1. The number of imidazole rings is 1. The van der Waals surface area contributed by atoms with Gasteiger partial charge in [-0.25, -0.2) is 4.98 Å². The number of anilines is 2. The molecule has 6 rings (SSSR count). The Labute approximate surface area is 322 Å². The van der Waals surface area contributed by atoms with Crippen molar-refractivity contribution in [2.75, 3.05) is 62.3 Å². The van der Waals surface area contributed by atoms with Crippen LogP contribution in [-0.2, 0) is 9.53 Å². The van der Waals surface area contributed by atoms with Crippen molar-refractivity contribution in [1.29, 1.82) is 0 Å². The Kier molecular flexibility index (Phi) is 23.6. The van der Waals surface area contributed by atoms with Crippen LogP contribution in [0.4, 0.5) is 11.4 Å². The summed E-state index contributed by atoms with van der Waals surface area (Å²) in [6, 6.07) is 22.0. The lowest BCUT2D eigenvalue weighted by atomic mass is 10.0. The Morgan fingerprint density at radius 2 is 1.15 bits per heavy atom. The third-order valence-electron chi connectivity index (χ3n) is 8.85. The minimum Gasteiger partial charge on any atom is -0.378 e. The molecule has 0 radical (unpaired) electrons. The Morgan fingerprint density at radius 1 is 0.673 bits per heavy atom. The molecule has 0 aliphatic carbocycles. The fourth-order valence-corrected chi connectivity index (χ4v) is 6.36. The lowest BCUT2D eigenvalue weighted by Gasteiger charge is -2.34. The lowest BCUT2D eigenvalue weighted by Crippen LogP contribution is -2.45. The van der Waals surface area contributed by atoms with Crippen LogP contribution in [0, 0.1) is 6.92 Å². The zero-order valence-corrected chi connectivity index (χ0v) is 32.3. The first-order valence-electron chi connectivity index (χ1n) is 18.0. The van der Waals surface area contributed by atoms with Gasteiger partial charge in [-0.05, 0) is 77.4 Å². The van der Waals surface area contributed by atoms with Gasteiger partial charge in [0.05, 0.1) is 25.2 Å². The van der Waals surface area contributed by atoms with Gasteiger partial charge in [-0.1, -0.05) is 108 Å². The quantitative estimate of drug-likeness (QED) is 0.191. The number of aromatic nitrogens is 2. The van der Waals surface area contributed by atoms with Crippen LogP contribution in [-0.4, -0.2) is 73.8 Å². The zero-order valence-electron chi connectivity index (χ0n) is 31.5. The number of H-pyrrole nitrogens is 1. The van der Waals surface area contributed by atoms with Gasteiger partial charge in [0.15, 0.2) is 0 Å². The summed E-state index contributed by atoms with van der Waals surface area (Å²) in [5.74, 6) is 2.44. The number of morpholine rings is 1. The zero-order chi connectivity index (χ0) is 35.8. The van der Waals surface area contributed by atoms with E-state index < -0.39 is 0 Å². The first-order chi connectivity index (χ1) is 23.5. The van der Waals surface area contributed by atoms with Crippen LogP contribution in [0.15, 0.2) is 72.4 Å². The molecule has 0 bridgehead atoms. The van der Waals surface area contributed by atoms with E-state index in [9.17, 15) is 4.79 Å². The van der Waals surface area contributed by atoms with Crippen molar-refractivity contribution >= 4 is 29.1 Å². The van der Waals surface area contributed by atoms with Crippen molar-refractivity contribution in [2.24, 2.45) is 0 Å². The molecule has 7 nitrogen and oxygen atoms in total. The molecule has 1 amide bonds. The number of benzene rings is 2. The maximum Gasteiger partial charge on any atom is 0.209 e. The molecule has 0 spiro atoms. The van der Waals surface area contributed by atoms with Crippen LogP contribution in [0.1, 0.15) is 129 Å². The second-order valence-corrected chi connectivity index (χ2v) is 14.9. The van der Waals surface area contributed by atoms with Crippen molar-refractivity contribution in [3.8, 4) is 0 Å². The number of thiophene rings is 1. The summed E-state index contributed by atoms with van der Waals surface area (Å²) in [5, 5.41) is 2.12. The summed E-state index contributed by atoms with van der Waals surface area (Å²) in [5.41, 5.74) is 7.73. The molecule has 0 atom stereocenters. The topological polar surface area (TPSA) is 64.7 Å². The van der Waals surface area contributed by atoms with Crippen molar-refractivity contribution in [3.05, 3.63) is 99.8 Å². The number of amides is 1. The molecule has 2 aliphatic rings. The molecule has 2 fully saturated rings. The summed E-state index contributed by atoms with van der Waals surface area (Å²) < 4.78 is 5.34. The van der Waals surface area contributed by atoms with E-state index in [4.69, 9.17) is 4.74 Å². The van der Waals surface area contributed by atoms with Gasteiger partial charge in [0.25, 0.3) is 0 Å². The van der Waals surface area contributed by atoms with E-state index in [0.717, 1.165) is 58.9 Å². The molecule has 292 valence electrons. The number of rotatable bonds is 7. The van der Waals surface area contributed by atoms with Crippen LogP contribution in [0.5, 0.6) is 0 Å². The molecular weight excluding hydrogens is 663 g/mol. The third kappa shape index (κ3) is 16.0. The molecule has 0 unspecified atom stereocenters. The summed E-state index contributed by atoms with van der Waals surface area (Å²) in [6.45, 7) is 26.9. The summed E-state index contributed by atoms with van der Waals surface area (Å²) in [6.07, 6.45) is 2.68. The van der Waals surface area contributed by atoms with Gasteiger partial charge in [0.1, 0.15) is 0 Å². The van der Waals surface area contributed by atoms with Gasteiger partial charge in [-0.2, -0.15) is 0 Å². The molecule has 4 heterocycles. The Balaban J connectivity index is 0.000000682. The van der Waals surface area contributed by atoms with Crippen LogP contribution in [0.25, 0.3) is 0 Å². The minimum atomic E-state index is 0. The van der Waals surface area contributed by atoms with Crippen LogP contribution >= 0.6 is 11.3 Å². The molecule has 2 saturated heterocycles. The van der Waals surface area contributed by atoms with Crippen molar-refractivity contribution in [3.63, 3.8) is 0 Å². The molecule has 2 aromatic carbocycles. The largest absolute Gasteiger partial charge is 0.378 e. The van der Waals surface area contributed by atoms with E-state index in [2.05, 4.69) is 141 Å². The number of carbonyl (C=O) groups excluding carboxylic acids is 1. The maximum atomic E-state index is 10.6. The number of piperazine rings is 1. The fraction of sp³-hybridized carbons (Fsp3) is 0.545. The van der Waals surface area contributed by atoms with E-state index in [1.54, 1.807) is 6.33 Å². The highest BCUT2D eigenvalue weighted by molar-refractivity contribution is 7.10. The predicted molar refractivity (Wildman–Crippen MR) is 230 cm³/mol. The lowest BCUT2D eigenvalue weighted by molar-refractivity contribution is -0.118. The smallest absolute Gasteiger partial charge is 0.209 e. The Bertz CT molecular complexity index is 1430. The molecule has 8 heteroatoms. The molecule has 4 aromatic rings. The summed E-state index contributed by atoms with van der Waals surface area (Å²) in [7, 11) is 0. The summed E-state index contributed by atoms with van der Waals surface area (Å²) >= 11 is 1.83. The molecule has 1 N–H and O–H groups in total. The summed E-state index contributed by atoms with van der Waals surface area (Å²) in [4.78, 5) is 25.9. The fourth-order valence-electron chi connectivity index (χ4n) is 5.62. The number of ether oxygens (including phenoxy) is 1. The van der Waals surface area contributed by atoms with Gasteiger partial charge >= 0.3 is 0 Å². The average Bonchev–Trinajstić information content (AvgIpc) is 3.83. The molecule has 2 aromatic heterocycles. The van der Waals surface area contributed by atoms with E-state index in [0.29, 0.717) is 23.7 Å². The SMILES string of the molecule is C.C.C.CC(C)c1ccc(N2CCN(C=O)CC2)cc1.CC(C)c1ccc(N2CCOCC2)cc1.CC(C)c1cccs1.Cc1[nH]cnc1C(C)C. The standard InChI is InChI=1S/C14H20N2O.C13H19NO.C7H12N2.C7H10S.3CH4/c1-12(2)13-3-5-14(6-4-13)16-9-7-15(11-17)8-10-16;1-11(2)12-3-5-13(6-4-12)14-7-9-15-10-8-14;1-5(2)7-6(3)8-4-9-7;1-6(2)7-4-3-5-8-7;;;/h3-6,11-12H,7-10H2,1-2H3;3-6,11H,7-10H2,1-2H3;4-5H,1-3H3,(H,8,9);3-6H,1-2H3;3*1H4. The Morgan fingerprint density at radius 3 is 1.46 bits per heavy atom. The number of hydrogen-bond acceptors (Lipinski definition) is 6. The molecule has 0 saturated carbocycles. The monoisotopic (exact) mass is 736 g/mol. The predicted octanol–water partition coefficient (Wildman–Crippen LogP) is 11.4. The first kappa shape index (κ1) is 48.4. The van der Waals surface area contributed by atoms with Crippen molar-refractivity contribution in [2.45, 2.75) is 108 Å². The highest BCUT2D eigenvalue weighted by Gasteiger charge is 2.16. The Hall–Kier alpha value is -3.62. The number of hydrogen-bond donors (Lipinski definition) is 1. The number of nitrogens with zero attached hydrogens (tertiary/aromatic N) is 4. The van der Waals surface area contributed by atoms with E-state index in [1.165, 1.54) is 38.8 Å². The maximum absolute atomic E-state index is 10.6. The van der Waals surface area contributed by atoms with Crippen LogP contribution in [0.3, 0.4) is 0 Å². The molecule has 2 aliphatic heterocycles.